The Balaban J connectivity index is 2.75. The molecule has 2 N–H and O–H groups in total. The van der Waals surface area contributed by atoms with Gasteiger partial charge in [0.05, 0.1) is 18.8 Å². The lowest BCUT2D eigenvalue weighted by Gasteiger charge is -2.18. The van der Waals surface area contributed by atoms with Crippen molar-refractivity contribution >= 4 is 11.5 Å². The smallest absolute Gasteiger partial charge is 0.176 e. The summed E-state index contributed by atoms with van der Waals surface area (Å²) in [6.07, 6.45) is 4.46. The molecule has 4 heteroatoms. The summed E-state index contributed by atoms with van der Waals surface area (Å²) in [4.78, 5) is 14.2. The number of benzene rings is 1. The van der Waals surface area contributed by atoms with Crippen molar-refractivity contribution in [2.45, 2.75) is 13.3 Å². The van der Waals surface area contributed by atoms with Gasteiger partial charge in [-0.2, -0.15) is 0 Å². The number of rotatable bonds is 10. The van der Waals surface area contributed by atoms with Crippen LogP contribution in [-0.2, 0) is 0 Å². The molecule has 4 nitrogen and oxygen atoms in total. The molecule has 0 aromatic heterocycles. The van der Waals surface area contributed by atoms with Gasteiger partial charge in [0.25, 0.3) is 0 Å². The fourth-order valence-electron chi connectivity index (χ4n) is 1.93. The number of hydrogen-bond acceptors (Lipinski definition) is 4. The number of ether oxygens (including phenoxy) is 1. The lowest BCUT2D eigenvalue weighted by molar-refractivity contribution is 0.0945. The molecule has 0 saturated carbocycles. The van der Waals surface area contributed by atoms with Gasteiger partial charge in [-0.25, -0.2) is 0 Å². The molecule has 114 valence electrons. The Morgan fingerprint density at radius 1 is 1.33 bits per heavy atom. The summed E-state index contributed by atoms with van der Waals surface area (Å²) in [5.41, 5.74) is 7.01. The zero-order valence-corrected chi connectivity index (χ0v) is 12.7. The van der Waals surface area contributed by atoms with Crippen molar-refractivity contribution in [2.75, 3.05) is 32.0 Å². The Bertz CT molecular complexity index is 488. The number of carbonyl (C=O) groups is 1. The van der Waals surface area contributed by atoms with E-state index in [1.54, 1.807) is 30.4 Å². The molecule has 1 aromatic carbocycles. The lowest BCUT2D eigenvalue weighted by Crippen LogP contribution is -2.30. The van der Waals surface area contributed by atoms with Gasteiger partial charge in [0.1, 0.15) is 5.75 Å². The minimum absolute atomic E-state index is 0.0208. The molecule has 0 aliphatic carbocycles. The Labute approximate surface area is 126 Å². The van der Waals surface area contributed by atoms with Gasteiger partial charge in [0.15, 0.2) is 5.78 Å². The fourth-order valence-corrected chi connectivity index (χ4v) is 1.93. The molecule has 0 bridgehead atoms. The molecule has 0 fully saturated rings. The third-order valence-electron chi connectivity index (χ3n) is 2.94. The van der Waals surface area contributed by atoms with Crippen LogP contribution >= 0.6 is 0 Å². The van der Waals surface area contributed by atoms with Crippen molar-refractivity contribution in [3.8, 4) is 5.75 Å². The molecule has 0 radical (unpaired) electrons. The lowest BCUT2D eigenvalue weighted by atomic mass is 10.1. The molecule has 0 aliphatic heterocycles. The van der Waals surface area contributed by atoms with Crippen LogP contribution in [0, 0.1) is 0 Å². The number of nitrogens with two attached hydrogens (primary N) is 1. The summed E-state index contributed by atoms with van der Waals surface area (Å²) in [6.45, 7) is 11.6. The van der Waals surface area contributed by atoms with Crippen molar-refractivity contribution in [1.29, 1.82) is 0 Å². The van der Waals surface area contributed by atoms with Crippen LogP contribution in [0.25, 0.3) is 0 Å². The first kappa shape index (κ1) is 17.0. The zero-order chi connectivity index (χ0) is 15.7. The van der Waals surface area contributed by atoms with Crippen LogP contribution in [0.15, 0.2) is 43.5 Å². The van der Waals surface area contributed by atoms with Crippen molar-refractivity contribution < 1.29 is 9.53 Å². The van der Waals surface area contributed by atoms with Gasteiger partial charge in [0, 0.05) is 18.7 Å². The first-order valence-electron chi connectivity index (χ1n) is 7.12. The Hall–Kier alpha value is -2.07. The second kappa shape index (κ2) is 8.97. The van der Waals surface area contributed by atoms with E-state index in [1.165, 1.54) is 0 Å². The highest BCUT2D eigenvalue weighted by molar-refractivity contribution is 5.98. The molecule has 0 aliphatic rings. The summed E-state index contributed by atoms with van der Waals surface area (Å²) in [7, 11) is 0. The van der Waals surface area contributed by atoms with E-state index in [0.29, 0.717) is 43.2 Å². The summed E-state index contributed by atoms with van der Waals surface area (Å²) >= 11 is 0. The van der Waals surface area contributed by atoms with Crippen molar-refractivity contribution in [3.63, 3.8) is 0 Å². The number of Topliss-reactive ketones (excluding diaryl/α,β-unsaturated/α-hetero) is 1. The topological polar surface area (TPSA) is 55.6 Å². The average molecular weight is 288 g/mol. The molecular weight excluding hydrogens is 264 g/mol. The zero-order valence-electron chi connectivity index (χ0n) is 12.7. The molecular formula is C17H24N2O2. The van der Waals surface area contributed by atoms with E-state index in [0.717, 1.165) is 6.42 Å². The highest BCUT2D eigenvalue weighted by Gasteiger charge is 2.12. The maximum absolute atomic E-state index is 12.3. The highest BCUT2D eigenvalue weighted by Crippen LogP contribution is 2.23. The van der Waals surface area contributed by atoms with Gasteiger partial charge in [-0.05, 0) is 24.6 Å². The second-order valence-electron chi connectivity index (χ2n) is 4.80. The SMILES string of the molecule is C=CCN(CC=C)CC(=O)c1ccc(OCCC)c(N)c1. The summed E-state index contributed by atoms with van der Waals surface area (Å²) < 4.78 is 5.51. The predicted octanol–water partition coefficient (Wildman–Crippen LogP) is 2.91. The Kier molecular flexibility index (Phi) is 7.26. The first-order chi connectivity index (χ1) is 10.1. The molecule has 21 heavy (non-hydrogen) atoms. The molecule has 0 spiro atoms. The predicted molar refractivity (Wildman–Crippen MR) is 87.8 cm³/mol. The van der Waals surface area contributed by atoms with Crippen LogP contribution in [-0.4, -0.2) is 36.9 Å². The fraction of sp³-hybridized carbons (Fsp3) is 0.353. The number of nitrogens with zero attached hydrogens (tertiary/aromatic N) is 1. The standard InChI is InChI=1S/C17H24N2O2/c1-4-9-19(10-5-2)13-16(20)14-7-8-17(15(18)12-14)21-11-6-3/h4-5,7-8,12H,1-2,6,9-11,13,18H2,3H3. The Morgan fingerprint density at radius 3 is 2.52 bits per heavy atom. The Morgan fingerprint density at radius 2 is 2.00 bits per heavy atom. The van der Waals surface area contributed by atoms with Gasteiger partial charge in [0.2, 0.25) is 0 Å². The largest absolute Gasteiger partial charge is 0.491 e. The van der Waals surface area contributed by atoms with Crippen LogP contribution < -0.4 is 10.5 Å². The van der Waals surface area contributed by atoms with E-state index in [9.17, 15) is 4.79 Å². The van der Waals surface area contributed by atoms with Gasteiger partial charge in [-0.15, -0.1) is 13.2 Å². The van der Waals surface area contributed by atoms with Crippen LogP contribution in [0.3, 0.4) is 0 Å². The summed E-state index contributed by atoms with van der Waals surface area (Å²) in [5.74, 6) is 0.648. The maximum Gasteiger partial charge on any atom is 0.176 e. The highest BCUT2D eigenvalue weighted by atomic mass is 16.5. The minimum atomic E-state index is 0.0208. The molecule has 0 saturated heterocycles. The molecule has 0 amide bonds. The average Bonchev–Trinajstić information content (AvgIpc) is 2.46. The van der Waals surface area contributed by atoms with Crippen LogP contribution in [0.2, 0.25) is 0 Å². The van der Waals surface area contributed by atoms with E-state index in [1.807, 2.05) is 11.8 Å². The van der Waals surface area contributed by atoms with E-state index >= 15 is 0 Å². The third-order valence-corrected chi connectivity index (χ3v) is 2.94. The van der Waals surface area contributed by atoms with Gasteiger partial charge in [-0.3, -0.25) is 9.69 Å². The van der Waals surface area contributed by atoms with E-state index in [2.05, 4.69) is 13.2 Å². The van der Waals surface area contributed by atoms with Gasteiger partial charge in [-0.1, -0.05) is 19.1 Å². The summed E-state index contributed by atoms with van der Waals surface area (Å²) in [6, 6.07) is 5.18. The van der Waals surface area contributed by atoms with Crippen molar-refractivity contribution in [2.24, 2.45) is 0 Å². The summed E-state index contributed by atoms with van der Waals surface area (Å²) in [5, 5.41) is 0. The minimum Gasteiger partial charge on any atom is -0.491 e. The normalized spacial score (nSPS) is 10.4. The monoisotopic (exact) mass is 288 g/mol. The molecule has 0 atom stereocenters. The second-order valence-corrected chi connectivity index (χ2v) is 4.80. The van der Waals surface area contributed by atoms with E-state index in [-0.39, 0.29) is 5.78 Å². The third kappa shape index (κ3) is 5.44. The molecule has 1 aromatic rings. The molecule has 0 unspecified atom stereocenters. The van der Waals surface area contributed by atoms with Crippen LogP contribution in [0.5, 0.6) is 5.75 Å². The number of carbonyl (C=O) groups excluding carboxylic acids is 1. The quantitative estimate of drug-likeness (QED) is 0.408. The van der Waals surface area contributed by atoms with Gasteiger partial charge >= 0.3 is 0 Å². The number of hydrogen-bond donors (Lipinski definition) is 1. The number of anilines is 1. The number of nitrogen functional groups attached to an aromatic ring is 1. The van der Waals surface area contributed by atoms with Crippen molar-refractivity contribution in [3.05, 3.63) is 49.1 Å². The first-order valence-corrected chi connectivity index (χ1v) is 7.12. The molecule has 0 heterocycles. The number of ketones is 1. The van der Waals surface area contributed by atoms with Crippen molar-refractivity contribution in [1.82, 2.24) is 4.90 Å². The van der Waals surface area contributed by atoms with E-state index < -0.39 is 0 Å². The molecule has 1 rings (SSSR count). The van der Waals surface area contributed by atoms with Gasteiger partial charge < -0.3 is 10.5 Å². The van der Waals surface area contributed by atoms with Crippen LogP contribution in [0.1, 0.15) is 23.7 Å². The maximum atomic E-state index is 12.3. The van der Waals surface area contributed by atoms with E-state index in [4.69, 9.17) is 10.5 Å². The van der Waals surface area contributed by atoms with Crippen LogP contribution in [0.4, 0.5) is 5.69 Å².